The third-order valence-electron chi connectivity index (χ3n) is 2.67. The minimum atomic E-state index is -0.415. The maximum Gasteiger partial charge on any atom is 0.269 e. The van der Waals surface area contributed by atoms with E-state index in [-0.39, 0.29) is 11.1 Å². The van der Waals surface area contributed by atoms with Gasteiger partial charge in [0.05, 0.1) is 16.6 Å². The standard InChI is InChI=1S/C13H12ClNO3/c1-9-6-11(8-18-9)13(14)7-10-2-4-12(5-3-10)15(16)17/h2-6,8,13H,7H2,1H3. The summed E-state index contributed by atoms with van der Waals surface area (Å²) in [6.45, 7) is 1.86. The van der Waals surface area contributed by atoms with Crippen LogP contribution in [0.4, 0.5) is 5.69 Å². The zero-order chi connectivity index (χ0) is 13.1. The highest BCUT2D eigenvalue weighted by atomic mass is 35.5. The molecule has 1 atom stereocenters. The molecule has 0 saturated carbocycles. The van der Waals surface area contributed by atoms with Crippen molar-refractivity contribution in [2.24, 2.45) is 0 Å². The lowest BCUT2D eigenvalue weighted by atomic mass is 10.1. The van der Waals surface area contributed by atoms with Gasteiger partial charge in [0.25, 0.3) is 5.69 Å². The Bertz CT molecular complexity index is 548. The molecule has 0 amide bonds. The van der Waals surface area contributed by atoms with Crippen LogP contribution in [0.25, 0.3) is 0 Å². The molecule has 1 unspecified atom stereocenters. The topological polar surface area (TPSA) is 56.3 Å². The number of halogens is 1. The third-order valence-corrected chi connectivity index (χ3v) is 3.08. The molecule has 1 aromatic heterocycles. The number of nitro groups is 1. The molecule has 0 N–H and O–H groups in total. The predicted molar refractivity (Wildman–Crippen MR) is 68.8 cm³/mol. The van der Waals surface area contributed by atoms with Crippen molar-refractivity contribution in [1.82, 2.24) is 0 Å². The van der Waals surface area contributed by atoms with Crippen LogP contribution in [-0.4, -0.2) is 4.92 Å². The Hall–Kier alpha value is -1.81. The summed E-state index contributed by atoms with van der Waals surface area (Å²) >= 11 is 6.26. The van der Waals surface area contributed by atoms with Gasteiger partial charge < -0.3 is 4.42 Å². The van der Waals surface area contributed by atoms with Gasteiger partial charge in [0.15, 0.2) is 0 Å². The SMILES string of the molecule is Cc1cc(C(Cl)Cc2ccc([N+](=O)[O-])cc2)co1. The Morgan fingerprint density at radius 2 is 2.06 bits per heavy atom. The van der Waals surface area contributed by atoms with Crippen molar-refractivity contribution in [1.29, 1.82) is 0 Å². The molecule has 0 fully saturated rings. The van der Waals surface area contributed by atoms with Crippen LogP contribution in [0.1, 0.15) is 22.3 Å². The highest BCUT2D eigenvalue weighted by Crippen LogP contribution is 2.27. The van der Waals surface area contributed by atoms with Crippen LogP contribution in [0.2, 0.25) is 0 Å². The average molecular weight is 266 g/mol. The molecule has 0 bridgehead atoms. The predicted octanol–water partition coefficient (Wildman–Crippen LogP) is 4.02. The van der Waals surface area contributed by atoms with Gasteiger partial charge in [-0.15, -0.1) is 11.6 Å². The zero-order valence-corrected chi connectivity index (χ0v) is 10.6. The molecule has 0 radical (unpaired) electrons. The fourth-order valence-corrected chi connectivity index (χ4v) is 2.00. The molecular weight excluding hydrogens is 254 g/mol. The van der Waals surface area contributed by atoms with Gasteiger partial charge in [-0.05, 0) is 25.0 Å². The average Bonchev–Trinajstić information content (AvgIpc) is 2.76. The number of hydrogen-bond acceptors (Lipinski definition) is 3. The van der Waals surface area contributed by atoms with E-state index in [1.54, 1.807) is 18.4 Å². The molecule has 2 aromatic rings. The van der Waals surface area contributed by atoms with Gasteiger partial charge in [0.2, 0.25) is 0 Å². The summed E-state index contributed by atoms with van der Waals surface area (Å²) in [4.78, 5) is 10.1. The first-order chi connectivity index (χ1) is 8.56. The van der Waals surface area contributed by atoms with Gasteiger partial charge in [0.1, 0.15) is 5.76 Å². The minimum absolute atomic E-state index is 0.0871. The highest BCUT2D eigenvalue weighted by molar-refractivity contribution is 6.20. The van der Waals surface area contributed by atoms with Crippen molar-refractivity contribution in [2.45, 2.75) is 18.7 Å². The van der Waals surface area contributed by atoms with Crippen LogP contribution in [-0.2, 0) is 6.42 Å². The van der Waals surface area contributed by atoms with E-state index < -0.39 is 4.92 Å². The van der Waals surface area contributed by atoms with E-state index in [2.05, 4.69) is 0 Å². The second-order valence-corrected chi connectivity index (χ2v) is 4.61. The number of furan rings is 1. The van der Waals surface area contributed by atoms with Crippen molar-refractivity contribution in [3.63, 3.8) is 0 Å². The fraction of sp³-hybridized carbons (Fsp3) is 0.231. The van der Waals surface area contributed by atoms with E-state index in [1.807, 2.05) is 13.0 Å². The Labute approximate surface area is 109 Å². The van der Waals surface area contributed by atoms with Crippen molar-refractivity contribution < 1.29 is 9.34 Å². The molecule has 0 aliphatic carbocycles. The van der Waals surface area contributed by atoms with Crippen molar-refractivity contribution in [3.8, 4) is 0 Å². The minimum Gasteiger partial charge on any atom is -0.469 e. The van der Waals surface area contributed by atoms with Crippen molar-refractivity contribution >= 4 is 17.3 Å². The van der Waals surface area contributed by atoms with Crippen LogP contribution in [0.15, 0.2) is 41.0 Å². The summed E-state index contributed by atoms with van der Waals surface area (Å²) in [5.41, 5.74) is 1.97. The molecule has 2 rings (SSSR count). The number of hydrogen-bond donors (Lipinski definition) is 0. The molecule has 4 nitrogen and oxygen atoms in total. The summed E-state index contributed by atoms with van der Waals surface area (Å²) < 4.78 is 5.20. The summed E-state index contributed by atoms with van der Waals surface area (Å²) in [5.74, 6) is 0.819. The number of aryl methyl sites for hydroxylation is 1. The zero-order valence-electron chi connectivity index (χ0n) is 9.80. The monoisotopic (exact) mass is 265 g/mol. The Morgan fingerprint density at radius 3 is 2.56 bits per heavy atom. The molecule has 18 heavy (non-hydrogen) atoms. The molecule has 94 valence electrons. The van der Waals surface area contributed by atoms with E-state index in [0.717, 1.165) is 16.9 Å². The molecule has 1 aromatic carbocycles. The number of nitro benzene ring substituents is 1. The van der Waals surface area contributed by atoms with Gasteiger partial charge >= 0.3 is 0 Å². The summed E-state index contributed by atoms with van der Waals surface area (Å²) in [6, 6.07) is 8.31. The molecule has 0 aliphatic rings. The quantitative estimate of drug-likeness (QED) is 0.477. The molecule has 5 heteroatoms. The van der Waals surface area contributed by atoms with Crippen LogP contribution in [0, 0.1) is 17.0 Å². The molecular formula is C13H12ClNO3. The van der Waals surface area contributed by atoms with Crippen molar-refractivity contribution in [2.75, 3.05) is 0 Å². The van der Waals surface area contributed by atoms with Gasteiger partial charge in [-0.3, -0.25) is 10.1 Å². The van der Waals surface area contributed by atoms with E-state index >= 15 is 0 Å². The smallest absolute Gasteiger partial charge is 0.269 e. The summed E-state index contributed by atoms with van der Waals surface area (Å²) in [6.07, 6.45) is 2.25. The lowest BCUT2D eigenvalue weighted by Crippen LogP contribution is -1.95. The molecule has 1 heterocycles. The Kier molecular flexibility index (Phi) is 3.67. The van der Waals surface area contributed by atoms with E-state index in [9.17, 15) is 10.1 Å². The maximum atomic E-state index is 10.5. The van der Waals surface area contributed by atoms with Gasteiger partial charge in [-0.25, -0.2) is 0 Å². The number of benzene rings is 1. The third kappa shape index (κ3) is 2.90. The van der Waals surface area contributed by atoms with Gasteiger partial charge in [-0.1, -0.05) is 12.1 Å². The number of alkyl halides is 1. The number of rotatable bonds is 4. The first-order valence-electron chi connectivity index (χ1n) is 5.48. The van der Waals surface area contributed by atoms with E-state index in [4.69, 9.17) is 16.0 Å². The number of nitrogens with zero attached hydrogens (tertiary/aromatic N) is 1. The normalized spacial score (nSPS) is 12.3. The molecule has 0 saturated heterocycles. The van der Waals surface area contributed by atoms with Crippen LogP contribution in [0.5, 0.6) is 0 Å². The van der Waals surface area contributed by atoms with E-state index in [0.29, 0.717) is 6.42 Å². The largest absolute Gasteiger partial charge is 0.469 e. The maximum absolute atomic E-state index is 10.5. The van der Waals surface area contributed by atoms with Crippen LogP contribution < -0.4 is 0 Å². The second kappa shape index (κ2) is 5.23. The van der Waals surface area contributed by atoms with E-state index in [1.165, 1.54) is 12.1 Å². The lowest BCUT2D eigenvalue weighted by Gasteiger charge is -2.06. The molecule has 0 aliphatic heterocycles. The Balaban J connectivity index is 2.07. The summed E-state index contributed by atoms with van der Waals surface area (Å²) in [7, 11) is 0. The lowest BCUT2D eigenvalue weighted by molar-refractivity contribution is -0.384. The van der Waals surface area contributed by atoms with Crippen LogP contribution in [0.3, 0.4) is 0 Å². The fourth-order valence-electron chi connectivity index (χ4n) is 1.71. The summed E-state index contributed by atoms with van der Waals surface area (Å²) in [5, 5.41) is 10.3. The van der Waals surface area contributed by atoms with Crippen molar-refractivity contribution in [3.05, 3.63) is 63.6 Å². The first-order valence-corrected chi connectivity index (χ1v) is 5.92. The number of non-ortho nitro benzene ring substituents is 1. The highest BCUT2D eigenvalue weighted by Gasteiger charge is 2.12. The Morgan fingerprint density at radius 1 is 1.39 bits per heavy atom. The first kappa shape index (κ1) is 12.6. The van der Waals surface area contributed by atoms with Crippen LogP contribution >= 0.6 is 11.6 Å². The van der Waals surface area contributed by atoms with Gasteiger partial charge in [0, 0.05) is 17.7 Å². The molecule has 0 spiro atoms. The van der Waals surface area contributed by atoms with Gasteiger partial charge in [-0.2, -0.15) is 0 Å². The second-order valence-electron chi connectivity index (χ2n) is 4.09.